The van der Waals surface area contributed by atoms with E-state index in [4.69, 9.17) is 0 Å². The average Bonchev–Trinajstić information content (AvgIpc) is 2.65. The molecule has 0 aromatic carbocycles. The van der Waals surface area contributed by atoms with Crippen LogP contribution >= 0.6 is 0 Å². The number of nitrogens with zero attached hydrogens (tertiary/aromatic N) is 1. The van der Waals surface area contributed by atoms with E-state index in [-0.39, 0.29) is 0 Å². The highest BCUT2D eigenvalue weighted by atomic mass is 15.3. The van der Waals surface area contributed by atoms with Crippen LogP contribution in [0.5, 0.6) is 0 Å². The zero-order valence-electron chi connectivity index (χ0n) is 9.34. The lowest BCUT2D eigenvalue weighted by Gasteiger charge is -2.28. The van der Waals surface area contributed by atoms with E-state index >= 15 is 0 Å². The van der Waals surface area contributed by atoms with Crippen molar-refractivity contribution in [2.24, 2.45) is 5.92 Å². The van der Waals surface area contributed by atoms with E-state index in [1.807, 2.05) is 0 Å². The molecule has 0 radical (unpaired) electrons. The van der Waals surface area contributed by atoms with Gasteiger partial charge in [-0.05, 0) is 19.3 Å². The van der Waals surface area contributed by atoms with Crippen molar-refractivity contribution in [3.05, 3.63) is 0 Å². The molecule has 0 aliphatic carbocycles. The maximum absolute atomic E-state index is 3.39. The van der Waals surface area contributed by atoms with Crippen molar-refractivity contribution >= 4 is 0 Å². The Hall–Kier alpha value is -0.0800. The van der Waals surface area contributed by atoms with E-state index in [0.29, 0.717) is 0 Å². The normalized spacial score (nSPS) is 23.3. The van der Waals surface area contributed by atoms with E-state index in [9.17, 15) is 0 Å². The Morgan fingerprint density at radius 3 is 2.69 bits per heavy atom. The molecule has 2 unspecified atom stereocenters. The molecule has 1 rings (SSSR count). The van der Waals surface area contributed by atoms with Crippen molar-refractivity contribution in [2.45, 2.75) is 46.1 Å². The van der Waals surface area contributed by atoms with Gasteiger partial charge in [-0.25, -0.2) is 0 Å². The second-order valence-corrected chi connectivity index (χ2v) is 4.33. The first-order valence-electron chi connectivity index (χ1n) is 5.70. The third kappa shape index (κ3) is 3.28. The Labute approximate surface area is 82.7 Å². The van der Waals surface area contributed by atoms with Gasteiger partial charge in [-0.2, -0.15) is 0 Å². The third-order valence-electron chi connectivity index (χ3n) is 3.30. The van der Waals surface area contributed by atoms with Crippen LogP contribution in [0.25, 0.3) is 0 Å². The van der Waals surface area contributed by atoms with Crippen LogP contribution in [-0.4, -0.2) is 30.7 Å². The summed E-state index contributed by atoms with van der Waals surface area (Å²) in [6.07, 6.45) is 4.09. The number of hydrogen-bond acceptors (Lipinski definition) is 2. The molecule has 0 spiro atoms. The minimum atomic E-state index is 0.751. The molecule has 2 nitrogen and oxygen atoms in total. The summed E-state index contributed by atoms with van der Waals surface area (Å²) in [4.78, 5) is 2.56. The molecule has 0 aromatic heterocycles. The van der Waals surface area contributed by atoms with Gasteiger partial charge in [0.25, 0.3) is 0 Å². The fraction of sp³-hybridized carbons (Fsp3) is 1.00. The van der Waals surface area contributed by atoms with Gasteiger partial charge in [0.05, 0.1) is 0 Å². The van der Waals surface area contributed by atoms with Gasteiger partial charge in [-0.3, -0.25) is 4.90 Å². The molecular weight excluding hydrogens is 160 g/mol. The van der Waals surface area contributed by atoms with Gasteiger partial charge in [0.2, 0.25) is 0 Å². The molecule has 1 heterocycles. The van der Waals surface area contributed by atoms with Crippen molar-refractivity contribution in [2.75, 3.05) is 19.8 Å². The molecule has 1 saturated heterocycles. The van der Waals surface area contributed by atoms with Crippen molar-refractivity contribution in [1.82, 2.24) is 10.2 Å². The lowest BCUT2D eigenvalue weighted by molar-refractivity contribution is 0.188. The Morgan fingerprint density at radius 1 is 1.38 bits per heavy atom. The van der Waals surface area contributed by atoms with E-state index in [1.165, 1.54) is 32.4 Å². The van der Waals surface area contributed by atoms with Crippen LogP contribution in [0.2, 0.25) is 0 Å². The number of rotatable bonds is 5. The Bertz CT molecular complexity index is 130. The Balaban J connectivity index is 2.23. The van der Waals surface area contributed by atoms with Crippen molar-refractivity contribution in [3.8, 4) is 0 Å². The molecule has 1 aliphatic heterocycles. The van der Waals surface area contributed by atoms with Crippen LogP contribution in [0, 0.1) is 5.92 Å². The van der Waals surface area contributed by atoms with Crippen molar-refractivity contribution in [1.29, 1.82) is 0 Å². The zero-order chi connectivity index (χ0) is 9.68. The first-order valence-corrected chi connectivity index (χ1v) is 5.70. The summed E-state index contributed by atoms with van der Waals surface area (Å²) in [6, 6.07) is 0.751. The lowest BCUT2D eigenvalue weighted by atomic mass is 9.96. The van der Waals surface area contributed by atoms with Crippen LogP contribution in [0.3, 0.4) is 0 Å². The van der Waals surface area contributed by atoms with Gasteiger partial charge >= 0.3 is 0 Å². The molecule has 1 fully saturated rings. The minimum Gasteiger partial charge on any atom is -0.303 e. The van der Waals surface area contributed by atoms with Crippen molar-refractivity contribution < 1.29 is 0 Å². The van der Waals surface area contributed by atoms with Crippen LogP contribution in [0.4, 0.5) is 0 Å². The zero-order valence-corrected chi connectivity index (χ0v) is 9.34. The minimum absolute atomic E-state index is 0.751. The SMILES string of the molecule is CCCCC(C)C(C)N1CCNC1. The van der Waals surface area contributed by atoms with E-state index in [1.54, 1.807) is 0 Å². The molecule has 2 heteroatoms. The molecule has 0 bridgehead atoms. The predicted molar refractivity (Wildman–Crippen MR) is 57.7 cm³/mol. The molecule has 78 valence electrons. The molecule has 1 N–H and O–H groups in total. The molecule has 0 saturated carbocycles. The van der Waals surface area contributed by atoms with Crippen LogP contribution < -0.4 is 5.32 Å². The van der Waals surface area contributed by atoms with Gasteiger partial charge in [-0.1, -0.05) is 26.7 Å². The van der Waals surface area contributed by atoms with Crippen LogP contribution in [0.1, 0.15) is 40.0 Å². The maximum atomic E-state index is 3.39. The summed E-state index contributed by atoms with van der Waals surface area (Å²) < 4.78 is 0. The van der Waals surface area contributed by atoms with Gasteiger partial charge in [0.1, 0.15) is 0 Å². The summed E-state index contributed by atoms with van der Waals surface area (Å²) >= 11 is 0. The van der Waals surface area contributed by atoms with Crippen LogP contribution in [0.15, 0.2) is 0 Å². The molecular formula is C11H24N2. The number of nitrogens with one attached hydrogen (secondary N) is 1. The smallest absolute Gasteiger partial charge is 0.0484 e. The summed E-state index contributed by atoms with van der Waals surface area (Å²) in [6.45, 7) is 10.5. The van der Waals surface area contributed by atoms with Gasteiger partial charge < -0.3 is 5.32 Å². The standard InChI is InChI=1S/C11H24N2/c1-4-5-6-10(2)11(3)13-8-7-12-9-13/h10-12H,4-9H2,1-3H3. The molecule has 1 aliphatic rings. The fourth-order valence-corrected chi connectivity index (χ4v) is 2.00. The summed E-state index contributed by atoms with van der Waals surface area (Å²) in [5, 5.41) is 3.39. The highest BCUT2D eigenvalue weighted by Gasteiger charge is 2.21. The first kappa shape index (κ1) is 11.0. The highest BCUT2D eigenvalue weighted by Crippen LogP contribution is 2.17. The molecule has 2 atom stereocenters. The van der Waals surface area contributed by atoms with E-state index in [2.05, 4.69) is 31.0 Å². The maximum Gasteiger partial charge on any atom is 0.0484 e. The lowest BCUT2D eigenvalue weighted by Crippen LogP contribution is -2.36. The van der Waals surface area contributed by atoms with E-state index in [0.717, 1.165) is 18.6 Å². The summed E-state index contributed by atoms with van der Waals surface area (Å²) in [5.74, 6) is 0.847. The van der Waals surface area contributed by atoms with Gasteiger partial charge in [-0.15, -0.1) is 0 Å². The van der Waals surface area contributed by atoms with Gasteiger partial charge in [0, 0.05) is 25.8 Å². The van der Waals surface area contributed by atoms with Crippen LogP contribution in [-0.2, 0) is 0 Å². The highest BCUT2D eigenvalue weighted by molar-refractivity contribution is 4.76. The van der Waals surface area contributed by atoms with Crippen molar-refractivity contribution in [3.63, 3.8) is 0 Å². The molecule has 0 aromatic rings. The largest absolute Gasteiger partial charge is 0.303 e. The predicted octanol–water partition coefficient (Wildman–Crippen LogP) is 2.06. The molecule has 13 heavy (non-hydrogen) atoms. The second kappa shape index (κ2) is 5.61. The number of hydrogen-bond donors (Lipinski definition) is 1. The van der Waals surface area contributed by atoms with E-state index < -0.39 is 0 Å². The second-order valence-electron chi connectivity index (χ2n) is 4.33. The topological polar surface area (TPSA) is 15.3 Å². The Kier molecular flexibility index (Phi) is 4.74. The van der Waals surface area contributed by atoms with Gasteiger partial charge in [0.15, 0.2) is 0 Å². The first-order chi connectivity index (χ1) is 6.25. The quantitative estimate of drug-likeness (QED) is 0.703. The average molecular weight is 184 g/mol. The third-order valence-corrected chi connectivity index (χ3v) is 3.30. The summed E-state index contributed by atoms with van der Waals surface area (Å²) in [5.41, 5.74) is 0. The Morgan fingerprint density at radius 2 is 2.15 bits per heavy atom. The molecule has 0 amide bonds. The fourth-order valence-electron chi connectivity index (χ4n) is 2.00. The number of unbranched alkanes of at least 4 members (excludes halogenated alkanes) is 1. The monoisotopic (exact) mass is 184 g/mol. The summed E-state index contributed by atoms with van der Waals surface area (Å²) in [7, 11) is 0.